The van der Waals surface area contributed by atoms with Gasteiger partial charge in [-0.25, -0.2) is 4.39 Å². The molecule has 6 heteroatoms. The molecule has 0 aliphatic carbocycles. The summed E-state index contributed by atoms with van der Waals surface area (Å²) in [5.74, 6) is -0.272. The Hall–Kier alpha value is -2.92. The van der Waals surface area contributed by atoms with Crippen molar-refractivity contribution in [1.82, 2.24) is 15.2 Å². The van der Waals surface area contributed by atoms with Crippen LogP contribution in [0.1, 0.15) is 18.5 Å². The van der Waals surface area contributed by atoms with Crippen molar-refractivity contribution in [2.24, 2.45) is 0 Å². The SMILES string of the molecule is CC(Nc1c(Cl)cnc2ccccc12)c1cc(-c2cn[nH]c2)ccc1F. The van der Waals surface area contributed by atoms with Gasteiger partial charge in [-0.3, -0.25) is 10.1 Å². The second-order valence-electron chi connectivity index (χ2n) is 6.09. The van der Waals surface area contributed by atoms with Crippen LogP contribution in [0.25, 0.3) is 22.0 Å². The van der Waals surface area contributed by atoms with Crippen LogP contribution >= 0.6 is 11.6 Å². The van der Waals surface area contributed by atoms with Crippen molar-refractivity contribution in [2.75, 3.05) is 5.32 Å². The standard InChI is InChI=1S/C20H16ClFN4/c1-12(16-8-13(6-7-18(16)22)14-9-24-25-10-14)26-20-15-4-2-3-5-19(15)23-11-17(20)21/h2-12H,1H3,(H,23,26)(H,24,25). The second kappa shape index (κ2) is 6.77. The van der Waals surface area contributed by atoms with E-state index < -0.39 is 0 Å². The van der Waals surface area contributed by atoms with E-state index in [9.17, 15) is 4.39 Å². The van der Waals surface area contributed by atoms with Crippen LogP contribution in [0.5, 0.6) is 0 Å². The van der Waals surface area contributed by atoms with Crippen molar-refractivity contribution < 1.29 is 4.39 Å². The molecule has 2 aromatic carbocycles. The van der Waals surface area contributed by atoms with Crippen LogP contribution in [0.2, 0.25) is 5.02 Å². The van der Waals surface area contributed by atoms with E-state index in [2.05, 4.69) is 20.5 Å². The summed E-state index contributed by atoms with van der Waals surface area (Å²) in [6, 6.07) is 12.5. The van der Waals surface area contributed by atoms with Crippen LogP contribution in [0.4, 0.5) is 10.1 Å². The van der Waals surface area contributed by atoms with Gasteiger partial charge in [-0.15, -0.1) is 0 Å². The van der Waals surface area contributed by atoms with Gasteiger partial charge in [0.1, 0.15) is 5.82 Å². The Kier molecular flexibility index (Phi) is 4.31. The molecule has 26 heavy (non-hydrogen) atoms. The molecular weight excluding hydrogens is 351 g/mol. The number of anilines is 1. The molecule has 4 rings (SSSR count). The summed E-state index contributed by atoms with van der Waals surface area (Å²) in [6.45, 7) is 1.91. The molecule has 0 bridgehead atoms. The predicted octanol–water partition coefficient (Wildman–Crippen LogP) is 5.59. The molecule has 0 saturated carbocycles. The van der Waals surface area contributed by atoms with Gasteiger partial charge in [0, 0.05) is 28.9 Å². The number of benzene rings is 2. The molecule has 2 N–H and O–H groups in total. The number of hydrogen-bond donors (Lipinski definition) is 2. The van der Waals surface area contributed by atoms with Gasteiger partial charge in [0.25, 0.3) is 0 Å². The first-order valence-electron chi connectivity index (χ1n) is 8.22. The molecule has 0 spiro atoms. The van der Waals surface area contributed by atoms with Gasteiger partial charge in [0.15, 0.2) is 0 Å². The fourth-order valence-corrected chi connectivity index (χ4v) is 3.23. The van der Waals surface area contributed by atoms with Gasteiger partial charge in [-0.2, -0.15) is 5.10 Å². The number of nitrogens with one attached hydrogen (secondary N) is 2. The maximum absolute atomic E-state index is 14.5. The quantitative estimate of drug-likeness (QED) is 0.495. The second-order valence-corrected chi connectivity index (χ2v) is 6.49. The zero-order valence-electron chi connectivity index (χ0n) is 14.0. The summed E-state index contributed by atoms with van der Waals surface area (Å²) in [5, 5.41) is 11.5. The molecule has 1 atom stereocenters. The summed E-state index contributed by atoms with van der Waals surface area (Å²) in [5.41, 5.74) is 3.94. The zero-order valence-corrected chi connectivity index (χ0v) is 14.8. The fourth-order valence-electron chi connectivity index (χ4n) is 3.02. The van der Waals surface area contributed by atoms with Crippen LogP contribution in [-0.4, -0.2) is 15.2 Å². The number of nitrogens with zero attached hydrogens (tertiary/aromatic N) is 2. The minimum Gasteiger partial charge on any atom is -0.377 e. The van der Waals surface area contributed by atoms with Gasteiger partial charge in [-0.1, -0.05) is 35.9 Å². The molecule has 4 nitrogen and oxygen atoms in total. The van der Waals surface area contributed by atoms with E-state index in [-0.39, 0.29) is 11.9 Å². The number of aromatic nitrogens is 3. The number of para-hydroxylation sites is 1. The number of H-pyrrole nitrogens is 1. The van der Waals surface area contributed by atoms with Crippen molar-refractivity contribution in [3.63, 3.8) is 0 Å². The lowest BCUT2D eigenvalue weighted by Gasteiger charge is -2.19. The maximum Gasteiger partial charge on any atom is 0.128 e. The fraction of sp³-hybridized carbons (Fsp3) is 0.100. The maximum atomic E-state index is 14.5. The van der Waals surface area contributed by atoms with Crippen LogP contribution < -0.4 is 5.32 Å². The summed E-state index contributed by atoms with van der Waals surface area (Å²) in [4.78, 5) is 4.33. The highest BCUT2D eigenvalue weighted by molar-refractivity contribution is 6.34. The van der Waals surface area contributed by atoms with E-state index >= 15 is 0 Å². The largest absolute Gasteiger partial charge is 0.377 e. The molecule has 0 aliphatic rings. The lowest BCUT2D eigenvalue weighted by molar-refractivity contribution is 0.600. The number of fused-ring (bicyclic) bond motifs is 1. The molecule has 4 aromatic rings. The monoisotopic (exact) mass is 366 g/mol. The number of aromatic amines is 1. The van der Waals surface area contributed by atoms with E-state index in [1.54, 1.807) is 24.7 Å². The van der Waals surface area contributed by atoms with Crippen LogP contribution in [-0.2, 0) is 0 Å². The van der Waals surface area contributed by atoms with Gasteiger partial charge in [0.05, 0.1) is 28.5 Å². The molecule has 2 aromatic heterocycles. The van der Waals surface area contributed by atoms with Gasteiger partial charge < -0.3 is 5.32 Å². The predicted molar refractivity (Wildman–Crippen MR) is 103 cm³/mol. The van der Waals surface area contributed by atoms with E-state index in [0.717, 1.165) is 27.7 Å². The third kappa shape index (κ3) is 3.02. The molecule has 0 saturated heterocycles. The van der Waals surface area contributed by atoms with E-state index in [0.29, 0.717) is 10.6 Å². The van der Waals surface area contributed by atoms with Gasteiger partial charge in [0.2, 0.25) is 0 Å². The molecule has 0 aliphatic heterocycles. The topological polar surface area (TPSA) is 53.6 Å². The lowest BCUT2D eigenvalue weighted by atomic mass is 10.0. The lowest BCUT2D eigenvalue weighted by Crippen LogP contribution is -2.10. The van der Waals surface area contributed by atoms with Crippen molar-refractivity contribution >= 4 is 28.2 Å². The summed E-state index contributed by atoms with van der Waals surface area (Å²) in [7, 11) is 0. The molecule has 0 radical (unpaired) electrons. The van der Waals surface area contributed by atoms with E-state index in [1.165, 1.54) is 6.07 Å². The smallest absolute Gasteiger partial charge is 0.128 e. The van der Waals surface area contributed by atoms with Crippen molar-refractivity contribution in [1.29, 1.82) is 0 Å². The molecule has 0 fully saturated rings. The van der Waals surface area contributed by atoms with Crippen LogP contribution in [0, 0.1) is 5.82 Å². The van der Waals surface area contributed by atoms with Gasteiger partial charge >= 0.3 is 0 Å². The van der Waals surface area contributed by atoms with Gasteiger partial charge in [-0.05, 0) is 30.7 Å². The third-order valence-electron chi connectivity index (χ3n) is 4.38. The first-order valence-corrected chi connectivity index (χ1v) is 8.59. The number of halogens is 2. The number of pyridine rings is 1. The molecular formula is C20H16ClFN4. The number of hydrogen-bond acceptors (Lipinski definition) is 3. The Morgan fingerprint density at radius 1 is 1.12 bits per heavy atom. The first-order chi connectivity index (χ1) is 12.6. The average molecular weight is 367 g/mol. The molecule has 130 valence electrons. The van der Waals surface area contributed by atoms with Crippen LogP contribution in [0.3, 0.4) is 0 Å². The normalized spacial score (nSPS) is 12.3. The number of rotatable bonds is 4. The third-order valence-corrected chi connectivity index (χ3v) is 4.67. The first kappa shape index (κ1) is 16.5. The highest BCUT2D eigenvalue weighted by Crippen LogP contribution is 2.34. The van der Waals surface area contributed by atoms with Crippen molar-refractivity contribution in [3.05, 3.63) is 77.5 Å². The van der Waals surface area contributed by atoms with Crippen molar-refractivity contribution in [2.45, 2.75) is 13.0 Å². The summed E-state index contributed by atoms with van der Waals surface area (Å²) < 4.78 is 14.5. The minimum atomic E-state index is -0.287. The minimum absolute atomic E-state index is 0.272. The van der Waals surface area contributed by atoms with Crippen molar-refractivity contribution in [3.8, 4) is 11.1 Å². The Balaban J connectivity index is 1.72. The molecule has 2 heterocycles. The van der Waals surface area contributed by atoms with E-state index in [1.807, 2.05) is 37.3 Å². The van der Waals surface area contributed by atoms with Crippen LogP contribution in [0.15, 0.2) is 61.1 Å². The Morgan fingerprint density at radius 3 is 2.77 bits per heavy atom. The molecule has 1 unspecified atom stereocenters. The summed E-state index contributed by atoms with van der Waals surface area (Å²) >= 11 is 6.36. The Bertz CT molecular complexity index is 1060. The summed E-state index contributed by atoms with van der Waals surface area (Å²) in [6.07, 6.45) is 5.10. The average Bonchev–Trinajstić information content (AvgIpc) is 3.19. The van der Waals surface area contributed by atoms with E-state index in [4.69, 9.17) is 11.6 Å². The highest BCUT2D eigenvalue weighted by atomic mass is 35.5. The highest BCUT2D eigenvalue weighted by Gasteiger charge is 2.16. The zero-order chi connectivity index (χ0) is 18.1. The molecule has 0 amide bonds. The Morgan fingerprint density at radius 2 is 1.96 bits per heavy atom. The Labute approximate surface area is 155 Å².